The number of benzene rings is 1. The standard InChI is InChI=1S/C12H18BrNO2/c1-8(6-15)7-16-12-4-3-10(13)5-11(12)9(2)14/h3-5,8-9,15H,6-7,14H2,1-2H3/t8?,9-/m0/s1. The average molecular weight is 288 g/mol. The summed E-state index contributed by atoms with van der Waals surface area (Å²) in [5.41, 5.74) is 6.84. The van der Waals surface area contributed by atoms with Gasteiger partial charge in [-0.25, -0.2) is 0 Å². The monoisotopic (exact) mass is 287 g/mol. The highest BCUT2D eigenvalue weighted by atomic mass is 79.9. The van der Waals surface area contributed by atoms with Crippen molar-refractivity contribution in [3.05, 3.63) is 28.2 Å². The van der Waals surface area contributed by atoms with E-state index in [9.17, 15) is 0 Å². The summed E-state index contributed by atoms with van der Waals surface area (Å²) >= 11 is 3.41. The maximum absolute atomic E-state index is 8.92. The minimum atomic E-state index is -0.0723. The second-order valence-corrected chi connectivity index (χ2v) is 4.99. The van der Waals surface area contributed by atoms with E-state index in [-0.39, 0.29) is 18.6 Å². The van der Waals surface area contributed by atoms with Gasteiger partial charge in [0.25, 0.3) is 0 Å². The van der Waals surface area contributed by atoms with Gasteiger partial charge in [-0.3, -0.25) is 0 Å². The van der Waals surface area contributed by atoms with Crippen molar-refractivity contribution < 1.29 is 9.84 Å². The topological polar surface area (TPSA) is 55.5 Å². The first kappa shape index (κ1) is 13.5. The fourth-order valence-electron chi connectivity index (χ4n) is 1.29. The van der Waals surface area contributed by atoms with E-state index < -0.39 is 0 Å². The molecule has 0 aliphatic carbocycles. The molecule has 0 spiro atoms. The lowest BCUT2D eigenvalue weighted by atomic mass is 10.1. The molecule has 0 heterocycles. The number of aliphatic hydroxyl groups excluding tert-OH is 1. The van der Waals surface area contributed by atoms with Gasteiger partial charge in [0.15, 0.2) is 0 Å². The Kier molecular flexibility index (Phi) is 5.25. The van der Waals surface area contributed by atoms with Crippen molar-refractivity contribution >= 4 is 15.9 Å². The first-order valence-electron chi connectivity index (χ1n) is 5.33. The third-order valence-corrected chi connectivity index (χ3v) is 2.79. The SMILES string of the molecule is CC(CO)COc1ccc(Br)cc1[C@H](C)N. The van der Waals surface area contributed by atoms with Gasteiger partial charge in [0.2, 0.25) is 0 Å². The van der Waals surface area contributed by atoms with Crippen molar-refractivity contribution in [2.24, 2.45) is 11.7 Å². The van der Waals surface area contributed by atoms with Crippen LogP contribution in [0.25, 0.3) is 0 Å². The molecule has 90 valence electrons. The van der Waals surface area contributed by atoms with Crippen molar-refractivity contribution in [1.29, 1.82) is 0 Å². The molecule has 3 N–H and O–H groups in total. The number of rotatable bonds is 5. The van der Waals surface area contributed by atoms with Crippen molar-refractivity contribution in [1.82, 2.24) is 0 Å². The Balaban J connectivity index is 2.78. The largest absolute Gasteiger partial charge is 0.493 e. The van der Waals surface area contributed by atoms with E-state index in [0.717, 1.165) is 15.8 Å². The van der Waals surface area contributed by atoms with Gasteiger partial charge in [0.05, 0.1) is 6.61 Å². The molecular formula is C12H18BrNO2. The van der Waals surface area contributed by atoms with Crippen LogP contribution < -0.4 is 10.5 Å². The first-order valence-corrected chi connectivity index (χ1v) is 6.12. The number of hydrogen-bond donors (Lipinski definition) is 2. The average Bonchev–Trinajstić information content (AvgIpc) is 2.26. The maximum atomic E-state index is 8.92. The Hall–Kier alpha value is -0.580. The smallest absolute Gasteiger partial charge is 0.124 e. The third kappa shape index (κ3) is 3.77. The van der Waals surface area contributed by atoms with E-state index in [1.165, 1.54) is 0 Å². The number of halogens is 1. The van der Waals surface area contributed by atoms with Crippen molar-refractivity contribution in [3.8, 4) is 5.75 Å². The number of ether oxygens (including phenoxy) is 1. The van der Waals surface area contributed by atoms with Crippen LogP contribution in [0.3, 0.4) is 0 Å². The van der Waals surface area contributed by atoms with Crippen molar-refractivity contribution in [3.63, 3.8) is 0 Å². The zero-order valence-electron chi connectivity index (χ0n) is 9.61. The number of hydrogen-bond acceptors (Lipinski definition) is 3. The molecule has 0 amide bonds. The molecule has 0 aromatic heterocycles. The first-order chi connectivity index (χ1) is 7.54. The molecule has 0 aliphatic heterocycles. The van der Waals surface area contributed by atoms with Gasteiger partial charge in [-0.2, -0.15) is 0 Å². The molecule has 2 atom stereocenters. The zero-order chi connectivity index (χ0) is 12.1. The predicted octanol–water partition coefficient (Wildman–Crippen LogP) is 2.48. The summed E-state index contributed by atoms with van der Waals surface area (Å²) in [7, 11) is 0. The molecule has 0 aliphatic rings. The van der Waals surface area contributed by atoms with Crippen LogP contribution in [0, 0.1) is 5.92 Å². The fourth-order valence-corrected chi connectivity index (χ4v) is 1.67. The van der Waals surface area contributed by atoms with Gasteiger partial charge < -0.3 is 15.6 Å². The van der Waals surface area contributed by atoms with Gasteiger partial charge in [-0.05, 0) is 25.1 Å². The second-order valence-electron chi connectivity index (χ2n) is 4.07. The summed E-state index contributed by atoms with van der Waals surface area (Å²) < 4.78 is 6.63. The van der Waals surface area contributed by atoms with E-state index in [1.807, 2.05) is 32.0 Å². The maximum Gasteiger partial charge on any atom is 0.124 e. The quantitative estimate of drug-likeness (QED) is 0.875. The molecule has 3 nitrogen and oxygen atoms in total. The molecule has 1 aromatic carbocycles. The molecular weight excluding hydrogens is 270 g/mol. The van der Waals surface area contributed by atoms with E-state index in [4.69, 9.17) is 15.6 Å². The van der Waals surface area contributed by atoms with E-state index in [0.29, 0.717) is 6.61 Å². The van der Waals surface area contributed by atoms with Gasteiger partial charge in [0.1, 0.15) is 5.75 Å². The fraction of sp³-hybridized carbons (Fsp3) is 0.500. The highest BCUT2D eigenvalue weighted by Crippen LogP contribution is 2.27. The highest BCUT2D eigenvalue weighted by Gasteiger charge is 2.10. The van der Waals surface area contributed by atoms with Gasteiger partial charge >= 0.3 is 0 Å². The number of aliphatic hydroxyl groups is 1. The summed E-state index contributed by atoms with van der Waals surface area (Å²) in [6, 6.07) is 5.71. The lowest BCUT2D eigenvalue weighted by molar-refractivity contribution is 0.173. The van der Waals surface area contributed by atoms with Gasteiger partial charge in [0, 0.05) is 28.6 Å². The molecule has 1 rings (SSSR count). The summed E-state index contributed by atoms with van der Waals surface area (Å²) in [6.45, 7) is 4.48. The molecule has 0 saturated carbocycles. The summed E-state index contributed by atoms with van der Waals surface area (Å²) in [5.74, 6) is 0.920. The third-order valence-electron chi connectivity index (χ3n) is 2.30. The van der Waals surface area contributed by atoms with Crippen LogP contribution in [-0.2, 0) is 0 Å². The Morgan fingerprint density at radius 3 is 2.69 bits per heavy atom. The number of nitrogens with two attached hydrogens (primary N) is 1. The molecule has 0 saturated heterocycles. The molecule has 16 heavy (non-hydrogen) atoms. The van der Waals surface area contributed by atoms with Crippen LogP contribution >= 0.6 is 15.9 Å². The minimum absolute atomic E-state index is 0.0723. The van der Waals surface area contributed by atoms with Crippen LogP contribution in [0.1, 0.15) is 25.5 Å². The van der Waals surface area contributed by atoms with Gasteiger partial charge in [-0.15, -0.1) is 0 Å². The highest BCUT2D eigenvalue weighted by molar-refractivity contribution is 9.10. The molecule has 0 fully saturated rings. The Labute approximate surface area is 105 Å². The lowest BCUT2D eigenvalue weighted by Gasteiger charge is -2.16. The van der Waals surface area contributed by atoms with Gasteiger partial charge in [-0.1, -0.05) is 22.9 Å². The van der Waals surface area contributed by atoms with E-state index in [2.05, 4.69) is 15.9 Å². The van der Waals surface area contributed by atoms with E-state index >= 15 is 0 Å². The molecule has 0 radical (unpaired) electrons. The summed E-state index contributed by atoms with van der Waals surface area (Å²) in [5, 5.41) is 8.92. The van der Waals surface area contributed by atoms with E-state index in [1.54, 1.807) is 0 Å². The Bertz CT molecular complexity index is 342. The molecule has 0 bridgehead atoms. The molecule has 4 heteroatoms. The van der Waals surface area contributed by atoms with Crippen LogP contribution in [0.2, 0.25) is 0 Å². The zero-order valence-corrected chi connectivity index (χ0v) is 11.2. The Morgan fingerprint density at radius 2 is 2.12 bits per heavy atom. The lowest BCUT2D eigenvalue weighted by Crippen LogP contribution is -2.14. The molecule has 1 unspecified atom stereocenters. The summed E-state index contributed by atoms with van der Waals surface area (Å²) in [6.07, 6.45) is 0. The minimum Gasteiger partial charge on any atom is -0.493 e. The van der Waals surface area contributed by atoms with Crippen LogP contribution in [0.15, 0.2) is 22.7 Å². The predicted molar refractivity (Wildman–Crippen MR) is 68.5 cm³/mol. The molecule has 1 aromatic rings. The Morgan fingerprint density at radius 1 is 1.44 bits per heavy atom. The summed E-state index contributed by atoms with van der Waals surface area (Å²) in [4.78, 5) is 0. The second kappa shape index (κ2) is 6.23. The van der Waals surface area contributed by atoms with Crippen LogP contribution in [-0.4, -0.2) is 18.3 Å². The van der Waals surface area contributed by atoms with Crippen molar-refractivity contribution in [2.75, 3.05) is 13.2 Å². The van der Waals surface area contributed by atoms with Crippen LogP contribution in [0.4, 0.5) is 0 Å². The normalized spacial score (nSPS) is 14.6. The van der Waals surface area contributed by atoms with Crippen LogP contribution in [0.5, 0.6) is 5.75 Å². The van der Waals surface area contributed by atoms with Crippen molar-refractivity contribution in [2.45, 2.75) is 19.9 Å².